The standard InChI is InChI=1S/C19H21F2NO4.ClH/c1-3-25-18(23)19(20,21)17(22)14-9-10-15(24-2)16(11-14)26-12-13-7-5-4-6-8-13;/h4-11,17H,3,12,22H2,1-2H3;1H/t17-;/m0./s1. The van der Waals surface area contributed by atoms with Gasteiger partial charge in [0.05, 0.1) is 13.7 Å². The molecule has 2 aromatic rings. The average Bonchev–Trinajstić information content (AvgIpc) is 2.66. The lowest BCUT2D eigenvalue weighted by Crippen LogP contribution is -2.41. The molecular weight excluding hydrogens is 380 g/mol. The van der Waals surface area contributed by atoms with E-state index in [2.05, 4.69) is 4.74 Å². The monoisotopic (exact) mass is 401 g/mol. The van der Waals surface area contributed by atoms with Crippen LogP contribution >= 0.6 is 12.4 Å². The van der Waals surface area contributed by atoms with E-state index in [1.807, 2.05) is 30.3 Å². The van der Waals surface area contributed by atoms with Gasteiger partial charge < -0.3 is 19.9 Å². The van der Waals surface area contributed by atoms with Crippen LogP contribution in [-0.2, 0) is 16.1 Å². The van der Waals surface area contributed by atoms with Crippen molar-refractivity contribution in [2.75, 3.05) is 13.7 Å². The number of carbonyl (C=O) groups excluding carboxylic acids is 1. The summed E-state index contributed by atoms with van der Waals surface area (Å²) < 4.78 is 43.6. The fraction of sp³-hybridized carbons (Fsp3) is 0.316. The molecule has 0 fully saturated rings. The Balaban J connectivity index is 0.00000364. The van der Waals surface area contributed by atoms with Gasteiger partial charge in [0.2, 0.25) is 0 Å². The van der Waals surface area contributed by atoms with Gasteiger partial charge >= 0.3 is 11.9 Å². The van der Waals surface area contributed by atoms with Gasteiger partial charge in [0.25, 0.3) is 0 Å². The molecule has 2 N–H and O–H groups in total. The van der Waals surface area contributed by atoms with E-state index in [1.165, 1.54) is 32.2 Å². The summed E-state index contributed by atoms with van der Waals surface area (Å²) in [5, 5.41) is 0. The molecule has 0 radical (unpaired) electrons. The number of hydrogen-bond donors (Lipinski definition) is 1. The third kappa shape index (κ3) is 5.55. The molecule has 0 saturated carbocycles. The number of carbonyl (C=O) groups is 1. The number of methoxy groups -OCH3 is 1. The van der Waals surface area contributed by atoms with E-state index in [9.17, 15) is 13.6 Å². The van der Waals surface area contributed by atoms with Gasteiger partial charge in [0.15, 0.2) is 11.5 Å². The van der Waals surface area contributed by atoms with Crippen molar-refractivity contribution in [3.8, 4) is 11.5 Å². The van der Waals surface area contributed by atoms with Gasteiger partial charge in [-0.1, -0.05) is 36.4 Å². The maximum atomic E-state index is 14.2. The molecule has 0 heterocycles. The molecule has 0 aliphatic heterocycles. The second kappa shape index (κ2) is 10.1. The Labute approximate surface area is 162 Å². The topological polar surface area (TPSA) is 70.8 Å². The van der Waals surface area contributed by atoms with E-state index in [0.717, 1.165) is 5.56 Å². The lowest BCUT2D eigenvalue weighted by Gasteiger charge is -2.22. The Hall–Kier alpha value is -2.38. The Morgan fingerprint density at radius 2 is 1.81 bits per heavy atom. The highest BCUT2D eigenvalue weighted by Crippen LogP contribution is 2.36. The van der Waals surface area contributed by atoms with Gasteiger partial charge in [-0.25, -0.2) is 4.79 Å². The van der Waals surface area contributed by atoms with Gasteiger partial charge in [-0.15, -0.1) is 12.4 Å². The van der Waals surface area contributed by atoms with E-state index in [0.29, 0.717) is 5.75 Å². The van der Waals surface area contributed by atoms with Crippen molar-refractivity contribution in [1.29, 1.82) is 0 Å². The second-order valence-electron chi connectivity index (χ2n) is 5.51. The summed E-state index contributed by atoms with van der Waals surface area (Å²) >= 11 is 0. The molecule has 5 nitrogen and oxygen atoms in total. The molecule has 0 aromatic heterocycles. The maximum absolute atomic E-state index is 14.2. The first-order valence-corrected chi connectivity index (χ1v) is 8.05. The summed E-state index contributed by atoms with van der Waals surface area (Å²) in [6.07, 6.45) is 0. The van der Waals surface area contributed by atoms with Gasteiger partial charge in [-0.05, 0) is 30.2 Å². The van der Waals surface area contributed by atoms with Gasteiger partial charge in [-0.2, -0.15) is 8.78 Å². The minimum atomic E-state index is -3.86. The molecular formula is C19H22ClF2NO4. The molecule has 0 spiro atoms. The largest absolute Gasteiger partial charge is 0.493 e. The summed E-state index contributed by atoms with van der Waals surface area (Å²) in [5.74, 6) is -4.89. The molecule has 2 aromatic carbocycles. The third-order valence-corrected chi connectivity index (χ3v) is 3.72. The lowest BCUT2D eigenvalue weighted by atomic mass is 10.0. The number of halogens is 3. The zero-order chi connectivity index (χ0) is 19.2. The van der Waals surface area contributed by atoms with Crippen molar-refractivity contribution in [2.45, 2.75) is 25.5 Å². The van der Waals surface area contributed by atoms with E-state index in [-0.39, 0.29) is 36.9 Å². The lowest BCUT2D eigenvalue weighted by molar-refractivity contribution is -0.174. The van der Waals surface area contributed by atoms with E-state index in [4.69, 9.17) is 15.2 Å². The number of nitrogens with two attached hydrogens (primary N) is 1. The summed E-state index contributed by atoms with van der Waals surface area (Å²) in [6, 6.07) is 11.7. The zero-order valence-corrected chi connectivity index (χ0v) is 15.8. The highest BCUT2D eigenvalue weighted by Gasteiger charge is 2.48. The zero-order valence-electron chi connectivity index (χ0n) is 15.0. The van der Waals surface area contributed by atoms with Crippen LogP contribution in [0, 0.1) is 0 Å². The number of esters is 1. The summed E-state index contributed by atoms with van der Waals surface area (Å²) in [5.41, 5.74) is 6.56. The molecule has 0 unspecified atom stereocenters. The Bertz CT molecular complexity index is 744. The fourth-order valence-corrected chi connectivity index (χ4v) is 2.30. The number of alkyl halides is 2. The first-order chi connectivity index (χ1) is 12.4. The smallest absolute Gasteiger partial charge is 0.379 e. The Kier molecular flexibility index (Phi) is 8.46. The molecule has 2 rings (SSSR count). The van der Waals surface area contributed by atoms with Gasteiger partial charge in [0, 0.05) is 0 Å². The van der Waals surface area contributed by atoms with Crippen LogP contribution in [-0.4, -0.2) is 25.6 Å². The minimum Gasteiger partial charge on any atom is -0.493 e. The van der Waals surface area contributed by atoms with Crippen LogP contribution in [0.25, 0.3) is 0 Å². The summed E-state index contributed by atoms with van der Waals surface area (Å²) in [7, 11) is 1.44. The molecule has 0 bridgehead atoms. The molecule has 0 aliphatic carbocycles. The van der Waals surface area contributed by atoms with Crippen molar-refractivity contribution >= 4 is 18.4 Å². The normalized spacial score (nSPS) is 11.9. The predicted octanol–water partition coefficient (Wildman–Crippen LogP) is 3.89. The minimum absolute atomic E-state index is 0. The Morgan fingerprint density at radius 1 is 1.15 bits per heavy atom. The first-order valence-electron chi connectivity index (χ1n) is 8.05. The van der Waals surface area contributed by atoms with Crippen LogP contribution in [0.4, 0.5) is 8.78 Å². The average molecular weight is 402 g/mol. The fourth-order valence-electron chi connectivity index (χ4n) is 2.30. The predicted molar refractivity (Wildman–Crippen MR) is 99.5 cm³/mol. The summed E-state index contributed by atoms with van der Waals surface area (Å²) in [4.78, 5) is 11.5. The van der Waals surface area contributed by atoms with Gasteiger partial charge in [0.1, 0.15) is 12.6 Å². The quantitative estimate of drug-likeness (QED) is 0.679. The van der Waals surface area contributed by atoms with Crippen molar-refractivity contribution < 1.29 is 27.8 Å². The van der Waals surface area contributed by atoms with Crippen molar-refractivity contribution in [1.82, 2.24) is 0 Å². The van der Waals surface area contributed by atoms with E-state index in [1.54, 1.807) is 0 Å². The molecule has 1 atom stereocenters. The molecule has 0 saturated heterocycles. The van der Waals surface area contributed by atoms with Crippen molar-refractivity contribution in [3.63, 3.8) is 0 Å². The van der Waals surface area contributed by atoms with Crippen LogP contribution in [0.5, 0.6) is 11.5 Å². The van der Waals surface area contributed by atoms with Crippen LogP contribution in [0.2, 0.25) is 0 Å². The maximum Gasteiger partial charge on any atom is 0.379 e. The SMILES string of the molecule is CCOC(=O)C(F)(F)[C@@H](N)c1ccc(OC)c(OCc2ccccc2)c1.Cl. The first kappa shape index (κ1) is 22.7. The van der Waals surface area contributed by atoms with Crippen LogP contribution in [0.3, 0.4) is 0 Å². The van der Waals surface area contributed by atoms with Crippen LogP contribution in [0.15, 0.2) is 48.5 Å². The molecule has 8 heteroatoms. The van der Waals surface area contributed by atoms with E-state index >= 15 is 0 Å². The highest BCUT2D eigenvalue weighted by atomic mass is 35.5. The van der Waals surface area contributed by atoms with Crippen LogP contribution < -0.4 is 15.2 Å². The molecule has 148 valence electrons. The van der Waals surface area contributed by atoms with Crippen molar-refractivity contribution in [2.24, 2.45) is 5.73 Å². The second-order valence-corrected chi connectivity index (χ2v) is 5.51. The highest BCUT2D eigenvalue weighted by molar-refractivity contribution is 5.85. The third-order valence-electron chi connectivity index (χ3n) is 3.72. The van der Waals surface area contributed by atoms with E-state index < -0.39 is 17.9 Å². The number of benzene rings is 2. The number of rotatable bonds is 8. The van der Waals surface area contributed by atoms with Crippen LogP contribution in [0.1, 0.15) is 24.1 Å². The summed E-state index contributed by atoms with van der Waals surface area (Å²) in [6.45, 7) is 1.52. The Morgan fingerprint density at radius 3 is 2.41 bits per heavy atom. The molecule has 27 heavy (non-hydrogen) atoms. The van der Waals surface area contributed by atoms with Crippen molar-refractivity contribution in [3.05, 3.63) is 59.7 Å². The number of hydrogen-bond acceptors (Lipinski definition) is 5. The molecule has 0 aliphatic rings. The molecule has 0 amide bonds. The van der Waals surface area contributed by atoms with Gasteiger partial charge in [-0.3, -0.25) is 0 Å². The number of ether oxygens (including phenoxy) is 3.